The molecular weight excluding hydrogens is 777 g/mol. The number of benzene rings is 2. The third-order valence-electron chi connectivity index (χ3n) is 10.3. The normalized spacial score (nSPS) is 15.1. The van der Waals surface area contributed by atoms with Gasteiger partial charge >= 0.3 is 5.97 Å². The molecule has 0 fully saturated rings. The van der Waals surface area contributed by atoms with Crippen molar-refractivity contribution in [3.8, 4) is 24.3 Å². The van der Waals surface area contributed by atoms with Crippen LogP contribution in [0.25, 0.3) is 16.7 Å². The summed E-state index contributed by atoms with van der Waals surface area (Å²) in [6, 6.07) is 16.5. The average molecular weight is 827 g/mol. The molecule has 61 heavy (non-hydrogen) atoms. The van der Waals surface area contributed by atoms with E-state index in [1.165, 1.54) is 23.2 Å². The van der Waals surface area contributed by atoms with Crippen LogP contribution in [0.5, 0.6) is 0 Å². The lowest BCUT2D eigenvalue weighted by Crippen LogP contribution is -2.35. The summed E-state index contributed by atoms with van der Waals surface area (Å²) in [5, 5.41) is 58.4. The van der Waals surface area contributed by atoms with Crippen molar-refractivity contribution in [1.82, 2.24) is 5.01 Å². The van der Waals surface area contributed by atoms with E-state index in [-0.39, 0.29) is 94.8 Å². The van der Waals surface area contributed by atoms with E-state index in [1.54, 1.807) is 45.9 Å². The van der Waals surface area contributed by atoms with Crippen LogP contribution < -0.4 is 20.7 Å². The zero-order valence-electron chi connectivity index (χ0n) is 35.6. The number of ether oxygens (including phenoxy) is 2. The van der Waals surface area contributed by atoms with Crippen LogP contribution in [0.4, 0.5) is 11.4 Å². The van der Waals surface area contributed by atoms with E-state index < -0.39 is 28.8 Å². The van der Waals surface area contributed by atoms with Crippen LogP contribution >= 0.6 is 0 Å². The van der Waals surface area contributed by atoms with Crippen LogP contribution in [-0.4, -0.2) is 71.9 Å². The Labute approximate surface area is 355 Å². The second kappa shape index (κ2) is 20.6. The highest BCUT2D eigenvalue weighted by Crippen LogP contribution is 2.43. The van der Waals surface area contributed by atoms with Crippen molar-refractivity contribution in [1.29, 1.82) is 21.0 Å². The number of anilines is 2. The first kappa shape index (κ1) is 46.5. The molecule has 0 bridgehead atoms. The first-order chi connectivity index (χ1) is 29.1. The Morgan fingerprint density at radius 1 is 0.934 bits per heavy atom. The minimum atomic E-state index is -0.827. The molecule has 1 atom stereocenters. The minimum Gasteiger partial charge on any atom is -0.506 e. The lowest BCUT2D eigenvalue weighted by atomic mass is 9.79. The third-order valence-corrected chi connectivity index (χ3v) is 10.3. The number of allylic oxidation sites excluding steroid dienone is 2. The molecule has 1 aliphatic heterocycles. The fraction of sp³-hybridized carbons (Fsp3) is 0.413. The number of esters is 1. The third kappa shape index (κ3) is 10.3. The molecule has 1 heterocycles. The van der Waals surface area contributed by atoms with Crippen molar-refractivity contribution in [2.45, 2.75) is 93.0 Å². The molecule has 2 aliphatic rings. The maximum Gasteiger partial charge on any atom is 0.306 e. The van der Waals surface area contributed by atoms with Crippen LogP contribution in [0.2, 0.25) is 0 Å². The van der Waals surface area contributed by atoms with Crippen molar-refractivity contribution >= 4 is 57.6 Å². The summed E-state index contributed by atoms with van der Waals surface area (Å²) in [4.78, 5) is 56.0. The fourth-order valence-corrected chi connectivity index (χ4v) is 6.83. The predicted molar refractivity (Wildman–Crippen MR) is 228 cm³/mol. The SMILES string of the molecule is CCCCC(CC)N1N=C(OCC)C(=C2C(=O)C(c3ccc(N(CC)CCOC(=O)CCc4cc(=C(C#N)C#N)ccc4=C(C#N)C#N)cc3NC(=O)C(C)(C)C)=C2O)C1=O. The molecule has 2 amide bonds. The monoisotopic (exact) mass is 826 g/mol. The Kier molecular flexibility index (Phi) is 15.7. The number of amides is 2. The van der Waals surface area contributed by atoms with E-state index in [1.807, 2.05) is 43.0 Å². The number of aliphatic hydroxyl groups is 1. The number of nitrogens with zero attached hydrogens (tertiary/aromatic N) is 7. The quantitative estimate of drug-likeness (QED) is 0.160. The number of likely N-dealkylation sites (N-methyl/N-ethyl adjacent to an activating group) is 1. The number of aliphatic hydroxyl groups excluding tert-OH is 1. The number of hydrogen-bond donors (Lipinski definition) is 2. The Hall–Kier alpha value is -7.23. The van der Waals surface area contributed by atoms with Gasteiger partial charge in [-0.15, -0.1) is 5.10 Å². The number of carbonyl (C=O) groups excluding carboxylic acids is 4. The Balaban J connectivity index is 1.61. The topological polar surface area (TPSA) is 233 Å². The van der Waals surface area contributed by atoms with Gasteiger partial charge in [0.25, 0.3) is 5.91 Å². The molecule has 0 spiro atoms. The zero-order chi connectivity index (χ0) is 45.0. The number of nitrogens with one attached hydrogen (secondary N) is 1. The summed E-state index contributed by atoms with van der Waals surface area (Å²) in [5.74, 6) is -2.48. The molecule has 316 valence electrons. The molecule has 0 radical (unpaired) electrons. The molecular formula is C46H50N8O7. The highest BCUT2D eigenvalue weighted by molar-refractivity contribution is 6.44. The summed E-state index contributed by atoms with van der Waals surface area (Å²) < 4.78 is 11.3. The van der Waals surface area contributed by atoms with Crippen LogP contribution in [-0.2, 0) is 35.1 Å². The molecule has 15 nitrogen and oxygen atoms in total. The molecule has 15 heteroatoms. The van der Waals surface area contributed by atoms with Crippen molar-refractivity contribution in [2.24, 2.45) is 10.5 Å². The standard InChI is InChI=1S/C46H50N8O7/c1-8-12-13-32(9-2)54-44(58)40(43(52-54)60-11-4)39-41(56)38(42(39)57)35-18-16-33(23-36(35)51-45(59)46(5,6)7)53(10-3)20-21-61-37(55)19-15-29-22-28(30(24-47)25-48)14-17-34(29)31(26-49)27-50/h14,16-18,22-23,32,56H,8-13,15,19-21H2,1-7H3,(H,51,59). The van der Waals surface area contributed by atoms with Gasteiger partial charge in [-0.3, -0.25) is 19.2 Å². The number of nitriles is 4. The molecule has 2 N–H and O–H groups in total. The summed E-state index contributed by atoms with van der Waals surface area (Å²) in [6.45, 7) is 13.7. The van der Waals surface area contributed by atoms with Gasteiger partial charge in [0, 0.05) is 40.1 Å². The van der Waals surface area contributed by atoms with E-state index in [4.69, 9.17) is 9.47 Å². The highest BCUT2D eigenvalue weighted by atomic mass is 16.5. The first-order valence-corrected chi connectivity index (χ1v) is 20.3. The van der Waals surface area contributed by atoms with Gasteiger partial charge in [-0.2, -0.15) is 21.0 Å². The second-order valence-electron chi connectivity index (χ2n) is 15.3. The van der Waals surface area contributed by atoms with Crippen LogP contribution in [0.15, 0.2) is 58.4 Å². The lowest BCUT2D eigenvalue weighted by Gasteiger charge is -2.28. The number of Topliss-reactive ketones (excluding diaryl/α,β-unsaturated/α-hetero) is 1. The first-order valence-electron chi connectivity index (χ1n) is 20.3. The zero-order valence-corrected chi connectivity index (χ0v) is 35.6. The van der Waals surface area contributed by atoms with Crippen molar-refractivity contribution < 1.29 is 33.8 Å². The van der Waals surface area contributed by atoms with E-state index >= 15 is 0 Å². The summed E-state index contributed by atoms with van der Waals surface area (Å²) in [6.07, 6.45) is 3.11. The second-order valence-corrected chi connectivity index (χ2v) is 15.3. The maximum absolute atomic E-state index is 14.0. The van der Waals surface area contributed by atoms with Crippen LogP contribution in [0.1, 0.15) is 91.7 Å². The number of hydrogen-bond acceptors (Lipinski definition) is 13. The Morgan fingerprint density at radius 3 is 2.20 bits per heavy atom. The molecule has 2 aromatic carbocycles. The molecule has 0 aromatic heterocycles. The van der Waals surface area contributed by atoms with Crippen molar-refractivity contribution in [3.63, 3.8) is 0 Å². The Bertz CT molecular complexity index is 2470. The smallest absolute Gasteiger partial charge is 0.306 e. The largest absolute Gasteiger partial charge is 0.506 e. The fourth-order valence-electron chi connectivity index (χ4n) is 6.83. The van der Waals surface area contributed by atoms with Gasteiger partial charge in [0.15, 0.2) is 0 Å². The number of rotatable bonds is 16. The minimum absolute atomic E-state index is 0.0275. The summed E-state index contributed by atoms with van der Waals surface area (Å²) in [5.41, 5.74) is -0.00452. The number of aryl methyl sites for hydroxylation is 1. The number of carbonyl (C=O) groups is 4. The number of unbranched alkanes of at least 4 members (excludes halogenated alkanes) is 1. The van der Waals surface area contributed by atoms with Gasteiger partial charge in [-0.25, -0.2) is 5.01 Å². The van der Waals surface area contributed by atoms with Crippen molar-refractivity contribution in [2.75, 3.05) is 36.5 Å². The molecule has 4 rings (SSSR count). The van der Waals surface area contributed by atoms with E-state index in [9.17, 15) is 45.3 Å². The molecule has 1 aliphatic carbocycles. The Morgan fingerprint density at radius 2 is 1.62 bits per heavy atom. The van der Waals surface area contributed by atoms with E-state index in [0.717, 1.165) is 12.8 Å². The highest BCUT2D eigenvalue weighted by Gasteiger charge is 2.46. The molecule has 0 saturated heterocycles. The van der Waals surface area contributed by atoms with Crippen LogP contribution in [0.3, 0.4) is 0 Å². The molecule has 1 unspecified atom stereocenters. The van der Waals surface area contributed by atoms with Gasteiger partial charge in [-0.1, -0.05) is 59.6 Å². The van der Waals surface area contributed by atoms with Gasteiger partial charge in [0.1, 0.15) is 53.4 Å². The van der Waals surface area contributed by atoms with Gasteiger partial charge < -0.3 is 24.8 Å². The van der Waals surface area contributed by atoms with Crippen molar-refractivity contribution in [3.05, 3.63) is 74.9 Å². The predicted octanol–water partition coefficient (Wildman–Crippen LogP) is 5.38. The summed E-state index contributed by atoms with van der Waals surface area (Å²) in [7, 11) is 0. The number of ketones is 1. The van der Waals surface area contributed by atoms with Gasteiger partial charge in [0.05, 0.1) is 36.0 Å². The van der Waals surface area contributed by atoms with E-state index in [0.29, 0.717) is 35.9 Å². The van der Waals surface area contributed by atoms with Gasteiger partial charge in [-0.05, 0) is 62.9 Å². The number of hydrazone groups is 1. The average Bonchev–Trinajstić information content (AvgIpc) is 3.54. The molecule has 0 saturated carbocycles. The van der Waals surface area contributed by atoms with E-state index in [2.05, 4.69) is 17.3 Å². The molecule has 2 aromatic rings. The van der Waals surface area contributed by atoms with Crippen LogP contribution in [0, 0.1) is 50.7 Å². The summed E-state index contributed by atoms with van der Waals surface area (Å²) >= 11 is 0. The maximum atomic E-state index is 14.0. The van der Waals surface area contributed by atoms with Gasteiger partial charge in [0.2, 0.25) is 17.6 Å². The lowest BCUT2D eigenvalue weighted by molar-refractivity contribution is -0.143.